The molecule has 0 saturated carbocycles. The Morgan fingerprint density at radius 3 is 2.60 bits per heavy atom. The van der Waals surface area contributed by atoms with Crippen LogP contribution in [0.5, 0.6) is 0 Å². The van der Waals surface area contributed by atoms with Gasteiger partial charge < -0.3 is 10.2 Å². The van der Waals surface area contributed by atoms with Crippen LogP contribution in [0.2, 0.25) is 5.02 Å². The van der Waals surface area contributed by atoms with Crippen molar-refractivity contribution >= 4 is 29.9 Å². The van der Waals surface area contributed by atoms with Gasteiger partial charge in [0.15, 0.2) is 0 Å². The van der Waals surface area contributed by atoms with Crippen molar-refractivity contribution in [2.45, 2.75) is 19.3 Å². The summed E-state index contributed by atoms with van der Waals surface area (Å²) >= 11 is 6.12. The van der Waals surface area contributed by atoms with Gasteiger partial charge in [0.1, 0.15) is 0 Å². The summed E-state index contributed by atoms with van der Waals surface area (Å²) in [5.74, 6) is 0.0843. The fraction of sp³-hybridized carbons (Fsp3) is 0.533. The molecule has 2 aliphatic rings. The molecule has 0 aliphatic carbocycles. The van der Waals surface area contributed by atoms with Crippen molar-refractivity contribution in [1.29, 1.82) is 0 Å². The average Bonchev–Trinajstić information content (AvgIpc) is 2.83. The van der Waals surface area contributed by atoms with E-state index in [1.54, 1.807) is 6.07 Å². The van der Waals surface area contributed by atoms with Gasteiger partial charge in [-0.3, -0.25) is 4.79 Å². The Hall–Kier alpha value is -0.770. The summed E-state index contributed by atoms with van der Waals surface area (Å²) in [6, 6.07) is 7.33. The molecule has 2 heterocycles. The van der Waals surface area contributed by atoms with Crippen LogP contribution < -0.4 is 5.32 Å². The number of hydrogen-bond donors (Lipinski definition) is 1. The van der Waals surface area contributed by atoms with Crippen molar-refractivity contribution < 1.29 is 4.79 Å². The molecule has 20 heavy (non-hydrogen) atoms. The van der Waals surface area contributed by atoms with Crippen molar-refractivity contribution in [2.24, 2.45) is 5.41 Å². The fourth-order valence-corrected chi connectivity index (χ4v) is 3.50. The van der Waals surface area contributed by atoms with Crippen molar-refractivity contribution in [3.8, 4) is 0 Å². The Kier molecular flexibility index (Phi) is 4.95. The summed E-state index contributed by atoms with van der Waals surface area (Å²) in [4.78, 5) is 14.5. The van der Waals surface area contributed by atoms with Gasteiger partial charge in [0.05, 0.1) is 10.6 Å². The number of benzene rings is 1. The van der Waals surface area contributed by atoms with Gasteiger partial charge in [0.2, 0.25) is 0 Å². The van der Waals surface area contributed by atoms with Gasteiger partial charge in [-0.15, -0.1) is 12.4 Å². The van der Waals surface area contributed by atoms with Gasteiger partial charge in [0, 0.05) is 13.1 Å². The van der Waals surface area contributed by atoms with E-state index in [0.717, 1.165) is 32.6 Å². The maximum atomic E-state index is 12.5. The molecule has 3 rings (SSSR count). The summed E-state index contributed by atoms with van der Waals surface area (Å²) < 4.78 is 0. The maximum Gasteiger partial charge on any atom is 0.255 e. The van der Waals surface area contributed by atoms with Crippen LogP contribution in [0.15, 0.2) is 24.3 Å². The molecule has 0 unspecified atom stereocenters. The maximum absolute atomic E-state index is 12.5. The zero-order valence-electron chi connectivity index (χ0n) is 11.4. The molecule has 1 amide bonds. The number of nitrogens with one attached hydrogen (secondary N) is 1. The molecule has 2 fully saturated rings. The Balaban J connectivity index is 0.00000147. The molecule has 1 aromatic carbocycles. The molecule has 0 radical (unpaired) electrons. The van der Waals surface area contributed by atoms with Crippen LogP contribution in [0.3, 0.4) is 0 Å². The minimum Gasteiger partial charge on any atom is -0.338 e. The SMILES string of the molecule is Cl.O=C(c1ccccc1Cl)N1CCC2(CCNCC2)C1. The topological polar surface area (TPSA) is 32.3 Å². The highest BCUT2D eigenvalue weighted by molar-refractivity contribution is 6.33. The zero-order chi connectivity index (χ0) is 13.3. The Labute approximate surface area is 131 Å². The summed E-state index contributed by atoms with van der Waals surface area (Å²) in [6.45, 7) is 3.91. The van der Waals surface area contributed by atoms with E-state index in [9.17, 15) is 4.79 Å². The van der Waals surface area contributed by atoms with E-state index >= 15 is 0 Å². The highest BCUT2D eigenvalue weighted by Gasteiger charge is 2.40. The molecule has 0 atom stereocenters. The number of carbonyl (C=O) groups is 1. The fourth-order valence-electron chi connectivity index (χ4n) is 3.28. The van der Waals surface area contributed by atoms with E-state index in [2.05, 4.69) is 5.32 Å². The van der Waals surface area contributed by atoms with Crippen LogP contribution in [0.1, 0.15) is 29.6 Å². The summed E-state index contributed by atoms with van der Waals surface area (Å²) in [5.41, 5.74) is 0.984. The van der Waals surface area contributed by atoms with Gasteiger partial charge in [-0.25, -0.2) is 0 Å². The molecule has 2 aliphatic heterocycles. The molecular weight excluding hydrogens is 295 g/mol. The molecule has 5 heteroatoms. The molecule has 1 spiro atoms. The molecule has 1 aromatic rings. The Morgan fingerprint density at radius 2 is 1.90 bits per heavy atom. The molecular formula is C15H20Cl2N2O. The summed E-state index contributed by atoms with van der Waals surface area (Å²) in [5, 5.41) is 3.95. The minimum absolute atomic E-state index is 0. The second kappa shape index (κ2) is 6.33. The van der Waals surface area contributed by atoms with E-state index in [0.29, 0.717) is 16.0 Å². The summed E-state index contributed by atoms with van der Waals surface area (Å²) in [6.07, 6.45) is 3.49. The van der Waals surface area contributed by atoms with Crippen LogP contribution in [-0.2, 0) is 0 Å². The number of piperidine rings is 1. The van der Waals surface area contributed by atoms with Crippen LogP contribution in [0.25, 0.3) is 0 Å². The molecule has 110 valence electrons. The number of rotatable bonds is 1. The standard InChI is InChI=1S/C15H19ClN2O.ClH/c16-13-4-2-1-3-12(13)14(19)18-10-7-15(11-18)5-8-17-9-6-15;/h1-4,17H,5-11H2;1H. The van der Waals surface area contributed by atoms with Crippen molar-refractivity contribution in [2.75, 3.05) is 26.2 Å². The van der Waals surface area contributed by atoms with Crippen LogP contribution in [0.4, 0.5) is 0 Å². The number of likely N-dealkylation sites (tertiary alicyclic amines) is 1. The van der Waals surface area contributed by atoms with E-state index in [1.165, 1.54) is 12.8 Å². The van der Waals surface area contributed by atoms with E-state index in [1.807, 2.05) is 23.1 Å². The van der Waals surface area contributed by atoms with Gasteiger partial charge in [-0.2, -0.15) is 0 Å². The van der Waals surface area contributed by atoms with Crippen LogP contribution >= 0.6 is 24.0 Å². The lowest BCUT2D eigenvalue weighted by Gasteiger charge is -2.33. The number of hydrogen-bond acceptors (Lipinski definition) is 2. The smallest absolute Gasteiger partial charge is 0.255 e. The predicted molar refractivity (Wildman–Crippen MR) is 83.8 cm³/mol. The third kappa shape index (κ3) is 2.95. The molecule has 1 N–H and O–H groups in total. The minimum atomic E-state index is 0. The second-order valence-electron chi connectivity index (χ2n) is 5.71. The van der Waals surface area contributed by atoms with Gasteiger partial charge in [-0.05, 0) is 49.9 Å². The Bertz CT molecular complexity index is 487. The van der Waals surface area contributed by atoms with E-state index in [-0.39, 0.29) is 18.3 Å². The number of carbonyl (C=O) groups excluding carboxylic acids is 1. The lowest BCUT2D eigenvalue weighted by atomic mass is 9.78. The molecule has 3 nitrogen and oxygen atoms in total. The first kappa shape index (κ1) is 15.6. The zero-order valence-corrected chi connectivity index (χ0v) is 13.0. The van der Waals surface area contributed by atoms with Crippen molar-refractivity contribution in [3.63, 3.8) is 0 Å². The lowest BCUT2D eigenvalue weighted by molar-refractivity contribution is 0.0762. The predicted octanol–water partition coefficient (Wildman–Crippen LogP) is 2.98. The first-order valence-corrected chi connectivity index (χ1v) is 7.33. The second-order valence-corrected chi connectivity index (χ2v) is 6.11. The van der Waals surface area contributed by atoms with Crippen LogP contribution in [-0.4, -0.2) is 37.0 Å². The van der Waals surface area contributed by atoms with Gasteiger partial charge >= 0.3 is 0 Å². The normalized spacial score (nSPS) is 20.8. The van der Waals surface area contributed by atoms with Gasteiger partial charge in [0.25, 0.3) is 5.91 Å². The van der Waals surface area contributed by atoms with Gasteiger partial charge in [-0.1, -0.05) is 23.7 Å². The number of halogens is 2. The Morgan fingerprint density at radius 1 is 1.20 bits per heavy atom. The molecule has 0 bridgehead atoms. The van der Waals surface area contributed by atoms with Crippen molar-refractivity contribution in [3.05, 3.63) is 34.9 Å². The third-order valence-corrected chi connectivity index (χ3v) is 4.82. The van der Waals surface area contributed by atoms with E-state index < -0.39 is 0 Å². The number of nitrogens with zero attached hydrogens (tertiary/aromatic N) is 1. The number of amides is 1. The highest BCUT2D eigenvalue weighted by atomic mass is 35.5. The molecule has 0 aromatic heterocycles. The van der Waals surface area contributed by atoms with Crippen molar-refractivity contribution in [1.82, 2.24) is 10.2 Å². The summed E-state index contributed by atoms with van der Waals surface area (Å²) in [7, 11) is 0. The lowest BCUT2D eigenvalue weighted by Crippen LogP contribution is -2.39. The quantitative estimate of drug-likeness (QED) is 0.864. The molecule has 2 saturated heterocycles. The highest BCUT2D eigenvalue weighted by Crippen LogP contribution is 2.39. The largest absolute Gasteiger partial charge is 0.338 e. The first-order valence-electron chi connectivity index (χ1n) is 6.95. The average molecular weight is 315 g/mol. The van der Waals surface area contributed by atoms with E-state index in [4.69, 9.17) is 11.6 Å². The van der Waals surface area contributed by atoms with Crippen LogP contribution in [0, 0.1) is 5.41 Å². The first-order chi connectivity index (χ1) is 9.20. The monoisotopic (exact) mass is 314 g/mol. The third-order valence-electron chi connectivity index (χ3n) is 4.49.